The lowest BCUT2D eigenvalue weighted by atomic mass is 9.83. The summed E-state index contributed by atoms with van der Waals surface area (Å²) in [5, 5.41) is 9.72. The van der Waals surface area contributed by atoms with E-state index in [1.54, 1.807) is 0 Å². The van der Waals surface area contributed by atoms with Gasteiger partial charge in [0.25, 0.3) is 0 Å². The van der Waals surface area contributed by atoms with E-state index in [0.29, 0.717) is 0 Å². The highest BCUT2D eigenvalue weighted by atomic mass is 16.3. The van der Waals surface area contributed by atoms with Crippen LogP contribution in [0.3, 0.4) is 0 Å². The molecular formula is C48H30O. The SMILES string of the molecule is c1ccc(-c2cccc3c2oc2ccc(-c4c5ccccc5c(-c5ccccc5-c5ccc6ccccc6c5)c5ccccc45)cc23)cc1. The van der Waals surface area contributed by atoms with Gasteiger partial charge in [0.05, 0.1) is 0 Å². The molecule has 228 valence electrons. The summed E-state index contributed by atoms with van der Waals surface area (Å²) >= 11 is 0. The highest BCUT2D eigenvalue weighted by Gasteiger charge is 2.20. The normalized spacial score (nSPS) is 11.7. The molecule has 0 saturated heterocycles. The number of para-hydroxylation sites is 1. The largest absolute Gasteiger partial charge is 0.455 e. The number of benzene rings is 9. The molecule has 1 nitrogen and oxygen atoms in total. The van der Waals surface area contributed by atoms with E-state index in [4.69, 9.17) is 4.42 Å². The fourth-order valence-electron chi connectivity index (χ4n) is 7.84. The van der Waals surface area contributed by atoms with Crippen LogP contribution in [0.15, 0.2) is 186 Å². The van der Waals surface area contributed by atoms with Crippen molar-refractivity contribution in [3.63, 3.8) is 0 Å². The molecule has 0 saturated carbocycles. The second-order valence-corrected chi connectivity index (χ2v) is 12.8. The Kier molecular flexibility index (Phi) is 6.25. The molecular weight excluding hydrogens is 593 g/mol. The van der Waals surface area contributed by atoms with Crippen molar-refractivity contribution in [1.82, 2.24) is 0 Å². The first kappa shape index (κ1) is 27.7. The zero-order valence-corrected chi connectivity index (χ0v) is 26.7. The molecule has 10 aromatic rings. The van der Waals surface area contributed by atoms with Gasteiger partial charge in [0.2, 0.25) is 0 Å². The highest BCUT2D eigenvalue weighted by molar-refractivity contribution is 6.23. The van der Waals surface area contributed by atoms with Crippen molar-refractivity contribution in [2.24, 2.45) is 0 Å². The molecule has 0 fully saturated rings. The first-order valence-corrected chi connectivity index (χ1v) is 16.8. The van der Waals surface area contributed by atoms with Gasteiger partial charge in [-0.1, -0.05) is 164 Å². The van der Waals surface area contributed by atoms with Crippen molar-refractivity contribution in [2.45, 2.75) is 0 Å². The van der Waals surface area contributed by atoms with Crippen LogP contribution >= 0.6 is 0 Å². The molecule has 10 rings (SSSR count). The zero-order chi connectivity index (χ0) is 32.3. The maximum absolute atomic E-state index is 6.56. The molecule has 0 atom stereocenters. The van der Waals surface area contributed by atoms with Crippen molar-refractivity contribution >= 4 is 54.3 Å². The Bertz CT molecular complexity index is 2820. The summed E-state index contributed by atoms with van der Waals surface area (Å²) in [6.45, 7) is 0. The van der Waals surface area contributed by atoms with Crippen molar-refractivity contribution < 1.29 is 4.42 Å². The lowest BCUT2D eigenvalue weighted by Gasteiger charge is -2.20. The van der Waals surface area contributed by atoms with Crippen LogP contribution in [0.2, 0.25) is 0 Å². The summed E-state index contributed by atoms with van der Waals surface area (Å²) in [6, 6.07) is 65.7. The minimum absolute atomic E-state index is 0.900. The van der Waals surface area contributed by atoms with Gasteiger partial charge in [-0.05, 0) is 89.5 Å². The Morgan fingerprint density at radius 1 is 0.286 bits per heavy atom. The van der Waals surface area contributed by atoms with Gasteiger partial charge in [0.15, 0.2) is 0 Å². The third kappa shape index (κ3) is 4.40. The average molecular weight is 623 g/mol. The number of furan rings is 1. The molecule has 0 aliphatic rings. The van der Waals surface area contributed by atoms with Crippen LogP contribution in [0.25, 0.3) is 98.8 Å². The average Bonchev–Trinajstić information content (AvgIpc) is 3.55. The van der Waals surface area contributed by atoms with E-state index in [-0.39, 0.29) is 0 Å². The third-order valence-electron chi connectivity index (χ3n) is 10.1. The summed E-state index contributed by atoms with van der Waals surface area (Å²) in [5.41, 5.74) is 11.5. The van der Waals surface area contributed by atoms with Crippen LogP contribution in [0.5, 0.6) is 0 Å². The van der Waals surface area contributed by atoms with E-state index in [0.717, 1.165) is 33.1 Å². The smallest absolute Gasteiger partial charge is 0.143 e. The van der Waals surface area contributed by atoms with E-state index < -0.39 is 0 Å². The molecule has 1 heteroatoms. The molecule has 0 bridgehead atoms. The molecule has 9 aromatic carbocycles. The van der Waals surface area contributed by atoms with Gasteiger partial charge >= 0.3 is 0 Å². The Morgan fingerprint density at radius 2 is 0.857 bits per heavy atom. The maximum atomic E-state index is 6.56. The van der Waals surface area contributed by atoms with Crippen LogP contribution in [-0.4, -0.2) is 0 Å². The first-order valence-electron chi connectivity index (χ1n) is 16.8. The second kappa shape index (κ2) is 11.1. The summed E-state index contributed by atoms with van der Waals surface area (Å²) in [5.74, 6) is 0. The lowest BCUT2D eigenvalue weighted by molar-refractivity contribution is 0.670. The van der Waals surface area contributed by atoms with E-state index in [9.17, 15) is 0 Å². The van der Waals surface area contributed by atoms with Gasteiger partial charge in [0.1, 0.15) is 11.2 Å². The quantitative estimate of drug-likeness (QED) is 0.178. The first-order chi connectivity index (χ1) is 24.3. The van der Waals surface area contributed by atoms with Crippen molar-refractivity contribution in [3.05, 3.63) is 182 Å². The summed E-state index contributed by atoms with van der Waals surface area (Å²) in [6.07, 6.45) is 0. The van der Waals surface area contributed by atoms with Crippen LogP contribution < -0.4 is 0 Å². The van der Waals surface area contributed by atoms with E-state index in [1.165, 1.54) is 65.7 Å². The van der Waals surface area contributed by atoms with Crippen molar-refractivity contribution in [2.75, 3.05) is 0 Å². The zero-order valence-electron chi connectivity index (χ0n) is 26.7. The van der Waals surface area contributed by atoms with Crippen LogP contribution in [0.1, 0.15) is 0 Å². The molecule has 0 N–H and O–H groups in total. The van der Waals surface area contributed by atoms with Crippen LogP contribution in [-0.2, 0) is 0 Å². The topological polar surface area (TPSA) is 13.1 Å². The molecule has 0 aliphatic carbocycles. The summed E-state index contributed by atoms with van der Waals surface area (Å²) in [7, 11) is 0. The molecule has 0 radical (unpaired) electrons. The highest BCUT2D eigenvalue weighted by Crippen LogP contribution is 2.47. The molecule has 0 unspecified atom stereocenters. The summed E-state index contributed by atoms with van der Waals surface area (Å²) < 4.78 is 6.56. The molecule has 0 spiro atoms. The minimum Gasteiger partial charge on any atom is -0.455 e. The molecule has 1 aromatic heterocycles. The van der Waals surface area contributed by atoms with Gasteiger partial charge in [0, 0.05) is 16.3 Å². The Balaban J connectivity index is 1.23. The minimum atomic E-state index is 0.900. The Labute approximate surface area is 284 Å². The predicted octanol–water partition coefficient (Wildman–Crippen LogP) is 13.7. The number of rotatable bonds is 4. The monoisotopic (exact) mass is 622 g/mol. The van der Waals surface area contributed by atoms with E-state index >= 15 is 0 Å². The molecule has 0 amide bonds. The Morgan fingerprint density at radius 3 is 1.61 bits per heavy atom. The number of hydrogen-bond acceptors (Lipinski definition) is 1. The van der Waals surface area contributed by atoms with Crippen LogP contribution in [0.4, 0.5) is 0 Å². The third-order valence-corrected chi connectivity index (χ3v) is 10.1. The second-order valence-electron chi connectivity index (χ2n) is 12.8. The van der Waals surface area contributed by atoms with Crippen molar-refractivity contribution in [1.29, 1.82) is 0 Å². The molecule has 0 aliphatic heterocycles. The predicted molar refractivity (Wildman–Crippen MR) is 208 cm³/mol. The van der Waals surface area contributed by atoms with Gasteiger partial charge in [-0.3, -0.25) is 0 Å². The van der Waals surface area contributed by atoms with Crippen molar-refractivity contribution in [3.8, 4) is 44.5 Å². The number of fused-ring (bicyclic) bond motifs is 6. The maximum Gasteiger partial charge on any atom is 0.143 e. The fourth-order valence-corrected chi connectivity index (χ4v) is 7.84. The van der Waals surface area contributed by atoms with Gasteiger partial charge in [-0.15, -0.1) is 0 Å². The van der Waals surface area contributed by atoms with Gasteiger partial charge in [-0.25, -0.2) is 0 Å². The Hall–Kier alpha value is -6.44. The molecule has 49 heavy (non-hydrogen) atoms. The lowest BCUT2D eigenvalue weighted by Crippen LogP contribution is -1.92. The van der Waals surface area contributed by atoms with E-state index in [2.05, 4.69) is 182 Å². The summed E-state index contributed by atoms with van der Waals surface area (Å²) in [4.78, 5) is 0. The number of hydrogen-bond donors (Lipinski definition) is 0. The van der Waals surface area contributed by atoms with E-state index in [1.807, 2.05) is 0 Å². The fraction of sp³-hybridized carbons (Fsp3) is 0. The van der Waals surface area contributed by atoms with Crippen LogP contribution in [0, 0.1) is 0 Å². The standard InChI is InChI=1S/C48H30O/c1-2-14-32(15-3-1)37-23-12-24-43-44-30-35(27-28-45(44)49-48(37)43)46-39-19-8-10-21-41(39)47(42-22-11-9-20-40(42)46)38-18-7-6-17-36(38)34-26-25-31-13-4-5-16-33(31)29-34/h1-30H. The molecule has 1 heterocycles. The van der Waals surface area contributed by atoms with Gasteiger partial charge < -0.3 is 4.42 Å². The van der Waals surface area contributed by atoms with Gasteiger partial charge in [-0.2, -0.15) is 0 Å².